The van der Waals surface area contributed by atoms with E-state index in [2.05, 4.69) is 22.4 Å². The Morgan fingerprint density at radius 3 is 3.12 bits per heavy atom. The number of hydrogen-bond acceptors (Lipinski definition) is 2. The maximum Gasteiger partial charge on any atom is 0.0495 e. The van der Waals surface area contributed by atoms with Crippen molar-refractivity contribution < 1.29 is 0 Å². The zero-order valence-corrected chi connectivity index (χ0v) is 4.98. The molecule has 0 atom stereocenters. The minimum Gasteiger partial charge on any atom is -0.274 e. The van der Waals surface area contributed by atoms with E-state index in [1.165, 1.54) is 0 Å². The summed E-state index contributed by atoms with van der Waals surface area (Å²) in [6.07, 6.45) is 0. The summed E-state index contributed by atoms with van der Waals surface area (Å²) in [4.78, 5) is 3.73. The summed E-state index contributed by atoms with van der Waals surface area (Å²) < 4.78 is 0. The van der Waals surface area contributed by atoms with Crippen molar-refractivity contribution in [3.8, 4) is 0 Å². The molecular formula is C6H4NS-. The summed E-state index contributed by atoms with van der Waals surface area (Å²) in [5.74, 6) is 0. The lowest BCUT2D eigenvalue weighted by atomic mass is 10.5. The van der Waals surface area contributed by atoms with Crippen molar-refractivity contribution in [2.45, 2.75) is 0 Å². The van der Waals surface area contributed by atoms with Gasteiger partial charge in [0, 0.05) is 5.16 Å². The SMILES string of the molecule is S=C=Nc1cc[cH-]c1. The van der Waals surface area contributed by atoms with Gasteiger partial charge in [0.25, 0.3) is 0 Å². The van der Waals surface area contributed by atoms with Gasteiger partial charge in [-0.2, -0.15) is 24.3 Å². The molecule has 0 N–H and O–H groups in total. The van der Waals surface area contributed by atoms with Crippen LogP contribution in [0.1, 0.15) is 0 Å². The highest BCUT2D eigenvalue weighted by Gasteiger charge is 1.68. The Labute approximate surface area is 53.0 Å². The molecule has 0 amide bonds. The van der Waals surface area contributed by atoms with Crippen LogP contribution in [0.3, 0.4) is 0 Å². The highest BCUT2D eigenvalue weighted by molar-refractivity contribution is 7.78. The summed E-state index contributed by atoms with van der Waals surface area (Å²) in [7, 11) is 0. The van der Waals surface area contributed by atoms with Crippen LogP contribution in [0.25, 0.3) is 0 Å². The summed E-state index contributed by atoms with van der Waals surface area (Å²) in [5, 5.41) is 2.28. The van der Waals surface area contributed by atoms with Gasteiger partial charge in [-0.25, -0.2) is 0 Å². The standard InChI is InChI=1S/C6H4NS/c8-5-7-6-3-1-2-4-6/h1-4H/q-1. The van der Waals surface area contributed by atoms with Crippen LogP contribution in [-0.4, -0.2) is 5.16 Å². The van der Waals surface area contributed by atoms with Crippen LogP contribution in [0.4, 0.5) is 5.69 Å². The van der Waals surface area contributed by atoms with Crippen molar-refractivity contribution in [2.24, 2.45) is 4.99 Å². The van der Waals surface area contributed by atoms with E-state index < -0.39 is 0 Å². The van der Waals surface area contributed by atoms with E-state index in [4.69, 9.17) is 0 Å². The first-order valence-corrected chi connectivity index (χ1v) is 2.64. The molecule has 0 aliphatic rings. The molecule has 0 unspecified atom stereocenters. The lowest BCUT2D eigenvalue weighted by Crippen LogP contribution is -1.45. The van der Waals surface area contributed by atoms with Crippen LogP contribution in [-0.2, 0) is 0 Å². The zero-order valence-electron chi connectivity index (χ0n) is 4.16. The number of aliphatic imine (C=N–C) groups is 1. The Hall–Kier alpha value is -0.850. The molecule has 0 saturated heterocycles. The first-order chi connectivity index (χ1) is 3.93. The second-order valence-corrected chi connectivity index (χ2v) is 1.53. The van der Waals surface area contributed by atoms with E-state index in [-0.39, 0.29) is 0 Å². The Balaban J connectivity index is 2.93. The molecular weight excluding hydrogens is 118 g/mol. The van der Waals surface area contributed by atoms with E-state index in [1.54, 1.807) is 0 Å². The molecule has 0 saturated carbocycles. The fourth-order valence-corrected chi connectivity index (χ4v) is 0.596. The van der Waals surface area contributed by atoms with Gasteiger partial charge in [0.15, 0.2) is 0 Å². The van der Waals surface area contributed by atoms with E-state index in [0.717, 1.165) is 5.69 Å². The lowest BCUT2D eigenvalue weighted by molar-refractivity contribution is 1.62. The molecule has 0 aliphatic carbocycles. The average Bonchev–Trinajstić information content (AvgIpc) is 2.19. The van der Waals surface area contributed by atoms with Gasteiger partial charge < -0.3 is 0 Å². The highest BCUT2D eigenvalue weighted by atomic mass is 32.1. The molecule has 0 fully saturated rings. The number of thiocarbonyl (C=S) groups is 1. The van der Waals surface area contributed by atoms with E-state index in [1.807, 2.05) is 24.3 Å². The Kier molecular flexibility index (Phi) is 1.62. The predicted octanol–water partition coefficient (Wildman–Crippen LogP) is 2.14. The number of nitrogens with zero attached hydrogens (tertiary/aromatic N) is 1. The molecule has 1 rings (SSSR count). The number of hydrogen-bond donors (Lipinski definition) is 0. The molecule has 40 valence electrons. The molecule has 0 aliphatic heterocycles. The van der Waals surface area contributed by atoms with Crippen LogP contribution in [0.2, 0.25) is 0 Å². The van der Waals surface area contributed by atoms with Gasteiger partial charge in [0.05, 0.1) is 0 Å². The number of rotatable bonds is 1. The van der Waals surface area contributed by atoms with Crippen LogP contribution in [0.5, 0.6) is 0 Å². The summed E-state index contributed by atoms with van der Waals surface area (Å²) in [5.41, 5.74) is 0.875. The van der Waals surface area contributed by atoms with Crippen molar-refractivity contribution >= 4 is 23.1 Å². The summed E-state index contributed by atoms with van der Waals surface area (Å²) in [6.45, 7) is 0. The quantitative estimate of drug-likeness (QED) is 0.316. The van der Waals surface area contributed by atoms with E-state index in [9.17, 15) is 0 Å². The third-order valence-electron chi connectivity index (χ3n) is 0.820. The van der Waals surface area contributed by atoms with Crippen molar-refractivity contribution in [1.29, 1.82) is 0 Å². The third-order valence-corrected chi connectivity index (χ3v) is 0.911. The van der Waals surface area contributed by atoms with Crippen LogP contribution >= 0.6 is 12.2 Å². The molecule has 0 spiro atoms. The van der Waals surface area contributed by atoms with Crippen molar-refractivity contribution in [2.75, 3.05) is 0 Å². The van der Waals surface area contributed by atoms with Gasteiger partial charge in [-0.1, -0.05) is 5.69 Å². The number of isothiocyanates is 1. The molecule has 1 nitrogen and oxygen atoms in total. The minimum absolute atomic E-state index is 0.875. The fraction of sp³-hybridized carbons (Fsp3) is 0. The fourth-order valence-electron chi connectivity index (χ4n) is 0.491. The van der Waals surface area contributed by atoms with E-state index >= 15 is 0 Å². The Bertz CT molecular complexity index is 194. The van der Waals surface area contributed by atoms with Crippen molar-refractivity contribution in [3.05, 3.63) is 24.3 Å². The summed E-state index contributed by atoms with van der Waals surface area (Å²) in [6, 6.07) is 7.57. The van der Waals surface area contributed by atoms with Crippen LogP contribution < -0.4 is 0 Å². The first-order valence-electron chi connectivity index (χ1n) is 2.23. The smallest absolute Gasteiger partial charge is 0.0495 e. The molecule has 0 bridgehead atoms. The van der Waals surface area contributed by atoms with Crippen molar-refractivity contribution in [3.63, 3.8) is 0 Å². The Morgan fingerprint density at radius 1 is 1.75 bits per heavy atom. The Morgan fingerprint density at radius 2 is 2.62 bits per heavy atom. The molecule has 0 aromatic heterocycles. The second kappa shape index (κ2) is 2.46. The van der Waals surface area contributed by atoms with Gasteiger partial charge >= 0.3 is 0 Å². The largest absolute Gasteiger partial charge is 0.274 e. The average molecular weight is 122 g/mol. The topological polar surface area (TPSA) is 12.4 Å². The van der Waals surface area contributed by atoms with Gasteiger partial charge in [-0.15, -0.1) is 0 Å². The lowest BCUT2D eigenvalue weighted by Gasteiger charge is -1.83. The maximum absolute atomic E-state index is 4.38. The van der Waals surface area contributed by atoms with Crippen LogP contribution in [0, 0.1) is 0 Å². The minimum atomic E-state index is 0.875. The monoisotopic (exact) mass is 122 g/mol. The third kappa shape index (κ3) is 1.06. The highest BCUT2D eigenvalue weighted by Crippen LogP contribution is 2.08. The zero-order chi connectivity index (χ0) is 5.82. The van der Waals surface area contributed by atoms with Gasteiger partial charge in [-0.3, -0.25) is 4.99 Å². The van der Waals surface area contributed by atoms with Gasteiger partial charge in [-0.05, 0) is 12.2 Å². The molecule has 1 aromatic carbocycles. The maximum atomic E-state index is 4.38. The molecule has 0 radical (unpaired) electrons. The molecule has 8 heavy (non-hydrogen) atoms. The van der Waals surface area contributed by atoms with Gasteiger partial charge in [0.2, 0.25) is 0 Å². The predicted molar refractivity (Wildman–Crippen MR) is 36.7 cm³/mol. The first kappa shape index (κ1) is 5.29. The van der Waals surface area contributed by atoms with Gasteiger partial charge in [0.1, 0.15) is 0 Å². The summed E-state index contributed by atoms with van der Waals surface area (Å²) >= 11 is 4.38. The van der Waals surface area contributed by atoms with Crippen molar-refractivity contribution in [1.82, 2.24) is 0 Å². The van der Waals surface area contributed by atoms with Crippen LogP contribution in [0.15, 0.2) is 29.3 Å². The normalized spacial score (nSPS) is 8.00. The molecule has 0 heterocycles. The molecule has 2 heteroatoms. The second-order valence-electron chi connectivity index (χ2n) is 1.35. The molecule has 1 aromatic rings. The van der Waals surface area contributed by atoms with E-state index in [0.29, 0.717) is 0 Å².